The summed E-state index contributed by atoms with van der Waals surface area (Å²) in [5.41, 5.74) is 11.3. The number of fused-ring (bicyclic) bond motifs is 2. The molecule has 2 unspecified atom stereocenters. The number of halogens is 5. The summed E-state index contributed by atoms with van der Waals surface area (Å²) < 4.78 is 38.7. The molecule has 12 nitrogen and oxygen atoms in total. The van der Waals surface area contributed by atoms with E-state index in [1.165, 1.54) is 50.6 Å². The summed E-state index contributed by atoms with van der Waals surface area (Å²) in [5.74, 6) is -1.59. The Morgan fingerprint density at radius 2 is 1.19 bits per heavy atom. The van der Waals surface area contributed by atoms with E-state index in [-0.39, 0.29) is 68.9 Å². The van der Waals surface area contributed by atoms with Crippen LogP contribution in [0.25, 0.3) is 0 Å². The van der Waals surface area contributed by atoms with Crippen LogP contribution in [0.15, 0.2) is 48.8 Å². The van der Waals surface area contributed by atoms with E-state index in [0.29, 0.717) is 22.8 Å². The van der Waals surface area contributed by atoms with Gasteiger partial charge in [0.05, 0.1) is 30.3 Å². The van der Waals surface area contributed by atoms with E-state index in [4.69, 9.17) is 33.7 Å². The van der Waals surface area contributed by atoms with E-state index in [2.05, 4.69) is 32.3 Å². The second-order valence-corrected chi connectivity index (χ2v) is 14.1. The molecule has 0 spiro atoms. The van der Waals surface area contributed by atoms with E-state index in [1.807, 2.05) is 24.0 Å². The Kier molecular flexibility index (Phi) is 21.7. The smallest absolute Gasteiger partial charge is 0.407 e. The average Bonchev–Trinajstić information content (AvgIpc) is 3.51. The van der Waals surface area contributed by atoms with Crippen molar-refractivity contribution in [2.24, 2.45) is 19.8 Å². The summed E-state index contributed by atoms with van der Waals surface area (Å²) in [5, 5.41) is 8.32. The number of carbonyl (C=O) groups excluding carboxylic acids is 4. The summed E-state index contributed by atoms with van der Waals surface area (Å²) in [7, 11) is 6.17. The summed E-state index contributed by atoms with van der Waals surface area (Å²) in [6, 6.07) is 7.94. The molecule has 2 aliphatic carbocycles. The zero-order chi connectivity index (χ0) is 40.4. The third kappa shape index (κ3) is 13.5. The predicted octanol–water partition coefficient (Wildman–Crippen LogP) is 10.1. The van der Waals surface area contributed by atoms with Crippen LogP contribution in [0.5, 0.6) is 0 Å². The number of aromatic nitrogens is 2. The van der Waals surface area contributed by atoms with Crippen molar-refractivity contribution in [1.29, 1.82) is 0 Å². The maximum Gasteiger partial charge on any atom is 0.407 e. The molecule has 2 aromatic carbocycles. The maximum atomic E-state index is 13.3. The molecule has 6 rings (SSSR count). The number of methoxy groups -OCH3 is 2. The van der Waals surface area contributed by atoms with Crippen LogP contribution in [0, 0.1) is 19.1 Å². The van der Waals surface area contributed by atoms with Crippen molar-refractivity contribution in [3.63, 3.8) is 0 Å². The van der Waals surface area contributed by atoms with Gasteiger partial charge in [-0.3, -0.25) is 9.59 Å². The molecule has 0 bridgehead atoms. The molecule has 2 aliphatic rings. The molecule has 3 amide bonds. The molecular weight excluding hydrogens is 997 g/mol. The Labute approximate surface area is 366 Å². The molecule has 18 heteroatoms. The average molecular weight is 1050 g/mol. The predicted molar refractivity (Wildman–Crippen MR) is 221 cm³/mol. The number of aryl methyl sites for hydroxylation is 2. The zero-order valence-electron chi connectivity index (χ0n) is 32.1. The molecule has 5 N–H and O–H groups in total. The monoisotopic (exact) mass is 1050 g/mol. The number of hydrogen-bond donors (Lipinski definition) is 4. The number of amides is 3. The van der Waals surface area contributed by atoms with Crippen LogP contribution < -0.4 is 21.7 Å². The Hall–Kier alpha value is -3.98. The minimum atomic E-state index is -0.773. The third-order valence-corrected chi connectivity index (χ3v) is 9.93. The largest absolute Gasteiger partial charge is 0.457 e. The Balaban J connectivity index is 0.000000500. The number of alkyl carbamates (subject to hydrolysis) is 1. The molecule has 4 aromatic rings. The Morgan fingerprint density at radius 1 is 0.759 bits per heavy atom. The molecule has 2 heterocycles. The fourth-order valence-electron chi connectivity index (χ4n) is 6.65. The van der Waals surface area contributed by atoms with Gasteiger partial charge >= 0.3 is 11.5 Å². The molecule has 0 saturated heterocycles. The van der Waals surface area contributed by atoms with Crippen molar-refractivity contribution in [2.75, 3.05) is 24.9 Å². The fourth-order valence-corrected chi connectivity index (χ4v) is 7.01. The first kappa shape index (κ1) is 52.0. The van der Waals surface area contributed by atoms with Crippen molar-refractivity contribution < 1.29 is 57.5 Å². The quantitative estimate of drug-likeness (QED) is 0.0880. The van der Waals surface area contributed by atoms with Gasteiger partial charge in [0.2, 0.25) is 0 Å². The zero-order valence-corrected chi connectivity index (χ0v) is 36.7. The minimum Gasteiger partial charge on any atom is -0.457 e. The number of nitrogens with two attached hydrogens (primary N) is 1. The molecule has 321 valence electrons. The first-order chi connectivity index (χ1) is 26.1. The van der Waals surface area contributed by atoms with E-state index in [1.54, 1.807) is 11.6 Å². The summed E-state index contributed by atoms with van der Waals surface area (Å²) >= 11 is 16.2. The number of nitrogens with one attached hydrogen (secondary N) is 3. The van der Waals surface area contributed by atoms with Crippen molar-refractivity contribution in [1.82, 2.24) is 14.5 Å². The van der Waals surface area contributed by atoms with Crippen LogP contribution in [-0.4, -0.2) is 46.7 Å². The van der Waals surface area contributed by atoms with Gasteiger partial charge in [0.1, 0.15) is 23.0 Å². The van der Waals surface area contributed by atoms with Gasteiger partial charge in [-0.2, -0.15) is 0 Å². The van der Waals surface area contributed by atoms with Crippen molar-refractivity contribution in [3.05, 3.63) is 112 Å². The molecule has 0 fully saturated rings. The summed E-state index contributed by atoms with van der Waals surface area (Å²) in [6.45, 7) is 0. The van der Waals surface area contributed by atoms with Crippen LogP contribution in [0.3, 0.4) is 0 Å². The number of hydrogen-bond acceptors (Lipinski definition) is 7. The van der Waals surface area contributed by atoms with Crippen LogP contribution in [-0.2, 0) is 56.5 Å². The molecule has 0 saturated carbocycles. The molecule has 1 radical (unpaired) electrons. The number of anilines is 2. The van der Waals surface area contributed by atoms with Crippen molar-refractivity contribution in [2.45, 2.75) is 70.9 Å². The maximum absolute atomic E-state index is 13.3. The van der Waals surface area contributed by atoms with Crippen LogP contribution in [0.4, 0.5) is 29.7 Å². The standard InChI is InChI=1S/C19H21ClFN3O3.C17H19ClFN3O.C2H3ClO2.CH4.CH3.Ir/c1-24-10-13-12(5-3-4-6-16(13)23-19(26)27-2)17(24)18(25)22-11-7-8-15(21)14(20)9-11;1-22-9-12-11(4-2-3-5-15(12)20)16(22)17(23)21-10-6-7-14(19)13(18)8-10;1-5-2(3)4;;;/h7-10,16H,3-6H2,1-2H3,(H,22,25)(H,23,26);6-9,15H,2-5,20H2,1H3,(H,21,23);1H3;1H4;1H3;/q;;;;-1;. The Morgan fingerprint density at radius 3 is 1.62 bits per heavy atom. The summed E-state index contributed by atoms with van der Waals surface area (Å²) in [4.78, 5) is 46.6. The second-order valence-electron chi connectivity index (χ2n) is 12.9. The molecule has 2 aromatic heterocycles. The van der Waals surface area contributed by atoms with Crippen molar-refractivity contribution in [3.8, 4) is 0 Å². The van der Waals surface area contributed by atoms with Gasteiger partial charge in [-0.15, -0.1) is 0 Å². The van der Waals surface area contributed by atoms with E-state index in [0.717, 1.165) is 73.6 Å². The fraction of sp³-hybridized carbons (Fsp3) is 0.375. The SMILES string of the molecule is C.COC(=O)Cl.COC(=O)NC1CCCCc2c1cn(C)c2C(=O)Nc1ccc(F)c(Cl)c1.Cn1cc2c(c1C(=O)Nc1ccc(F)c(Cl)c1)CCCCC2N.[CH3-].[Ir]. The minimum absolute atomic E-state index is 0. The van der Waals surface area contributed by atoms with Crippen molar-refractivity contribution >= 4 is 69.5 Å². The normalized spacial score (nSPS) is 15.1. The first-order valence-corrected chi connectivity index (χ1v) is 18.5. The number of rotatable bonds is 5. The van der Waals surface area contributed by atoms with Gasteiger partial charge in [-0.05, 0) is 97.2 Å². The molecule has 0 aliphatic heterocycles. The number of benzene rings is 2. The second kappa shape index (κ2) is 24.2. The van der Waals surface area contributed by atoms with Gasteiger partial charge in [0.25, 0.3) is 11.8 Å². The topological polar surface area (TPSA) is 159 Å². The third-order valence-electron chi connectivity index (χ3n) is 9.20. The van der Waals surface area contributed by atoms with Crippen LogP contribution in [0.1, 0.15) is 101 Å². The van der Waals surface area contributed by atoms with Gasteiger partial charge in [-0.25, -0.2) is 18.4 Å². The van der Waals surface area contributed by atoms with E-state index >= 15 is 0 Å². The van der Waals surface area contributed by atoms with E-state index < -0.39 is 23.2 Å². The van der Waals surface area contributed by atoms with Gasteiger partial charge < -0.3 is 47.7 Å². The molecular formula is C40H50Cl3F2IrN6O6-. The van der Waals surface area contributed by atoms with Gasteiger partial charge in [0.15, 0.2) is 0 Å². The van der Waals surface area contributed by atoms with E-state index in [9.17, 15) is 28.0 Å². The summed E-state index contributed by atoms with van der Waals surface area (Å²) in [6.07, 6.45) is 10.5. The Bertz CT molecular complexity index is 2050. The van der Waals surface area contributed by atoms with Crippen LogP contribution in [0.2, 0.25) is 10.0 Å². The van der Waals surface area contributed by atoms with Gasteiger partial charge in [0, 0.05) is 75.6 Å². The first-order valence-electron chi connectivity index (χ1n) is 17.4. The number of carbonyl (C=O) groups is 4. The van der Waals surface area contributed by atoms with Gasteiger partial charge in [-0.1, -0.05) is 43.5 Å². The number of ether oxygens (including phenoxy) is 2. The van der Waals surface area contributed by atoms with Crippen LogP contribution >= 0.6 is 34.8 Å². The molecule has 2 atom stereocenters. The number of nitrogens with zero attached hydrogens (tertiary/aromatic N) is 2. The molecule has 58 heavy (non-hydrogen) atoms.